The SMILES string of the molecule is COCC(Oc1cc(/C(=N/N)C(C)=NC2CCN(C#N)CC2)cc2ncc(C#N)n12)c1ccc(F)cn1. The average molecular weight is 504 g/mol. The average Bonchev–Trinajstić information content (AvgIpc) is 3.33. The summed E-state index contributed by atoms with van der Waals surface area (Å²) in [6.45, 7) is 3.26. The van der Waals surface area contributed by atoms with Crippen LogP contribution in [0.3, 0.4) is 0 Å². The van der Waals surface area contributed by atoms with Crippen LogP contribution in [0.5, 0.6) is 5.88 Å². The molecule has 0 bridgehead atoms. The maximum Gasteiger partial charge on any atom is 0.201 e. The van der Waals surface area contributed by atoms with E-state index >= 15 is 0 Å². The van der Waals surface area contributed by atoms with E-state index in [1.165, 1.54) is 25.4 Å². The number of likely N-dealkylation sites (tertiary alicyclic amines) is 1. The van der Waals surface area contributed by atoms with Gasteiger partial charge in [0, 0.05) is 31.8 Å². The zero-order chi connectivity index (χ0) is 26.4. The van der Waals surface area contributed by atoms with Crippen LogP contribution in [-0.4, -0.2) is 63.5 Å². The second-order valence-electron chi connectivity index (χ2n) is 8.50. The van der Waals surface area contributed by atoms with E-state index in [1.54, 1.807) is 21.4 Å². The fourth-order valence-corrected chi connectivity index (χ4v) is 4.24. The van der Waals surface area contributed by atoms with Crippen molar-refractivity contribution in [2.45, 2.75) is 31.9 Å². The number of ether oxygens (including phenoxy) is 2. The minimum absolute atomic E-state index is 0.0491. The van der Waals surface area contributed by atoms with E-state index in [-0.39, 0.29) is 24.2 Å². The Labute approximate surface area is 213 Å². The number of imidazole rings is 1. The van der Waals surface area contributed by atoms with Crippen LogP contribution in [0, 0.1) is 28.6 Å². The molecule has 0 radical (unpaired) electrons. The molecule has 12 heteroatoms. The van der Waals surface area contributed by atoms with Crippen LogP contribution in [0.15, 0.2) is 46.8 Å². The van der Waals surface area contributed by atoms with Gasteiger partial charge in [0.25, 0.3) is 0 Å². The van der Waals surface area contributed by atoms with Gasteiger partial charge in [-0.15, -0.1) is 0 Å². The number of nitrogens with zero attached hydrogens (tertiary/aromatic N) is 8. The predicted molar refractivity (Wildman–Crippen MR) is 133 cm³/mol. The maximum atomic E-state index is 13.5. The molecule has 0 aromatic carbocycles. The number of hydrogen-bond donors (Lipinski definition) is 1. The summed E-state index contributed by atoms with van der Waals surface area (Å²) in [4.78, 5) is 15.0. The number of methoxy groups -OCH3 is 1. The highest BCUT2D eigenvalue weighted by molar-refractivity contribution is 6.47. The van der Waals surface area contributed by atoms with Gasteiger partial charge in [-0.2, -0.15) is 15.6 Å². The van der Waals surface area contributed by atoms with E-state index in [2.05, 4.69) is 27.3 Å². The highest BCUT2D eigenvalue weighted by atomic mass is 19.1. The number of rotatable bonds is 8. The molecule has 1 atom stereocenters. The summed E-state index contributed by atoms with van der Waals surface area (Å²) in [6.07, 6.45) is 5.53. The van der Waals surface area contributed by atoms with Crippen molar-refractivity contribution in [3.05, 3.63) is 59.4 Å². The van der Waals surface area contributed by atoms with Crippen molar-refractivity contribution in [2.24, 2.45) is 15.9 Å². The van der Waals surface area contributed by atoms with Gasteiger partial charge < -0.3 is 20.2 Å². The smallest absolute Gasteiger partial charge is 0.201 e. The van der Waals surface area contributed by atoms with Gasteiger partial charge in [0.2, 0.25) is 5.88 Å². The summed E-state index contributed by atoms with van der Waals surface area (Å²) < 4.78 is 26.6. The molecule has 3 aromatic heterocycles. The van der Waals surface area contributed by atoms with Gasteiger partial charge in [-0.05, 0) is 38.0 Å². The van der Waals surface area contributed by atoms with E-state index < -0.39 is 11.9 Å². The zero-order valence-corrected chi connectivity index (χ0v) is 20.5. The lowest BCUT2D eigenvalue weighted by Crippen LogP contribution is -2.32. The summed E-state index contributed by atoms with van der Waals surface area (Å²) in [7, 11) is 1.52. The van der Waals surface area contributed by atoms with Gasteiger partial charge in [-0.3, -0.25) is 14.4 Å². The molecule has 0 amide bonds. The quantitative estimate of drug-likeness (QED) is 0.213. The van der Waals surface area contributed by atoms with Gasteiger partial charge in [-0.25, -0.2) is 9.37 Å². The number of fused-ring (bicyclic) bond motifs is 1. The van der Waals surface area contributed by atoms with Crippen molar-refractivity contribution in [2.75, 3.05) is 26.8 Å². The lowest BCUT2D eigenvalue weighted by molar-refractivity contribution is 0.0742. The molecule has 4 rings (SSSR count). The first kappa shape index (κ1) is 25.5. The second-order valence-corrected chi connectivity index (χ2v) is 8.50. The Hall–Kier alpha value is -4.55. The Morgan fingerprint density at radius 1 is 1.24 bits per heavy atom. The van der Waals surface area contributed by atoms with Crippen molar-refractivity contribution in [3.63, 3.8) is 0 Å². The first-order chi connectivity index (χ1) is 18.0. The van der Waals surface area contributed by atoms with E-state index in [9.17, 15) is 9.65 Å². The number of aliphatic imine (C=N–C) groups is 1. The van der Waals surface area contributed by atoms with Gasteiger partial charge in [0.05, 0.1) is 36.4 Å². The second kappa shape index (κ2) is 11.5. The number of aromatic nitrogens is 3. The summed E-state index contributed by atoms with van der Waals surface area (Å²) in [5.41, 5.74) is 2.84. The molecule has 1 aliphatic heterocycles. The highest BCUT2D eigenvalue weighted by Gasteiger charge is 2.22. The van der Waals surface area contributed by atoms with E-state index in [1.807, 2.05) is 6.92 Å². The molecular formula is C25H26FN9O2. The minimum Gasteiger partial charge on any atom is -0.466 e. The van der Waals surface area contributed by atoms with Crippen molar-refractivity contribution in [3.8, 4) is 18.1 Å². The summed E-state index contributed by atoms with van der Waals surface area (Å²) in [5.74, 6) is 5.62. The van der Waals surface area contributed by atoms with Gasteiger partial charge >= 0.3 is 0 Å². The molecule has 37 heavy (non-hydrogen) atoms. The van der Waals surface area contributed by atoms with Crippen LogP contribution < -0.4 is 10.6 Å². The molecule has 1 aliphatic rings. The lowest BCUT2D eigenvalue weighted by atomic mass is 10.0. The number of nitriles is 2. The van der Waals surface area contributed by atoms with Crippen LogP contribution in [0.2, 0.25) is 0 Å². The standard InChI is InChI=1S/C25H26FN9O2/c1-16(32-19-5-7-34(15-28)8-6-19)25(33-29)17-9-23-31-13-20(11-27)35(23)24(10-17)37-22(14-36-2)21-4-3-18(26)12-30-21/h3-4,9-10,12-13,19,22H,5-8,14,29H2,1-2H3/b32-16?,33-25+. The number of piperidine rings is 1. The van der Waals surface area contributed by atoms with Crippen LogP contribution >= 0.6 is 0 Å². The van der Waals surface area contributed by atoms with Crippen molar-refractivity contribution in [1.82, 2.24) is 19.3 Å². The first-order valence-electron chi connectivity index (χ1n) is 11.6. The third kappa shape index (κ3) is 5.66. The fraction of sp³-hybridized carbons (Fsp3) is 0.360. The monoisotopic (exact) mass is 503 g/mol. The maximum absolute atomic E-state index is 13.5. The first-order valence-corrected chi connectivity index (χ1v) is 11.6. The van der Waals surface area contributed by atoms with Crippen molar-refractivity contribution < 1.29 is 13.9 Å². The lowest BCUT2D eigenvalue weighted by Gasteiger charge is -2.26. The van der Waals surface area contributed by atoms with Crippen LogP contribution in [0.4, 0.5) is 4.39 Å². The Balaban J connectivity index is 1.72. The number of hydrazone groups is 1. The summed E-state index contributed by atoms with van der Waals surface area (Å²) in [5, 5.41) is 22.7. The molecule has 4 heterocycles. The highest BCUT2D eigenvalue weighted by Crippen LogP contribution is 2.26. The van der Waals surface area contributed by atoms with Gasteiger partial charge in [0.1, 0.15) is 28.9 Å². The predicted octanol–water partition coefficient (Wildman–Crippen LogP) is 2.58. The zero-order valence-electron chi connectivity index (χ0n) is 20.5. The third-order valence-electron chi connectivity index (χ3n) is 6.08. The molecule has 190 valence electrons. The van der Waals surface area contributed by atoms with Crippen molar-refractivity contribution >= 4 is 17.1 Å². The molecular weight excluding hydrogens is 477 g/mol. The largest absolute Gasteiger partial charge is 0.466 e. The molecule has 3 aromatic rings. The molecule has 11 nitrogen and oxygen atoms in total. The van der Waals surface area contributed by atoms with Gasteiger partial charge in [-0.1, -0.05) is 0 Å². The number of nitrogens with two attached hydrogens (primary N) is 1. The summed E-state index contributed by atoms with van der Waals surface area (Å²) in [6, 6.07) is 8.41. The van der Waals surface area contributed by atoms with E-state index in [4.69, 9.17) is 25.6 Å². The van der Waals surface area contributed by atoms with Crippen LogP contribution in [0.1, 0.15) is 42.8 Å². The third-order valence-corrected chi connectivity index (χ3v) is 6.08. The molecule has 1 saturated heterocycles. The molecule has 1 fully saturated rings. The fourth-order valence-electron chi connectivity index (χ4n) is 4.24. The number of pyridine rings is 2. The van der Waals surface area contributed by atoms with E-state index in [0.29, 0.717) is 41.4 Å². The van der Waals surface area contributed by atoms with E-state index in [0.717, 1.165) is 19.0 Å². The molecule has 1 unspecified atom stereocenters. The number of hydrogen-bond acceptors (Lipinski definition) is 10. The van der Waals surface area contributed by atoms with Crippen LogP contribution in [0.25, 0.3) is 5.65 Å². The summed E-state index contributed by atoms with van der Waals surface area (Å²) >= 11 is 0. The normalized spacial score (nSPS) is 15.9. The minimum atomic E-state index is -0.698. The molecule has 0 spiro atoms. The number of halogens is 1. The molecule has 0 aliphatic carbocycles. The van der Waals surface area contributed by atoms with Crippen LogP contribution in [-0.2, 0) is 4.74 Å². The topological polar surface area (TPSA) is 150 Å². The molecule has 0 saturated carbocycles. The Morgan fingerprint density at radius 3 is 2.65 bits per heavy atom. The Bertz CT molecular complexity index is 1390. The Morgan fingerprint density at radius 2 is 2.03 bits per heavy atom. The van der Waals surface area contributed by atoms with Gasteiger partial charge in [0.15, 0.2) is 12.3 Å². The molecule has 2 N–H and O–H groups in total. The van der Waals surface area contributed by atoms with Crippen molar-refractivity contribution in [1.29, 1.82) is 10.5 Å². The Kier molecular flexibility index (Phi) is 7.91.